The Morgan fingerprint density at radius 1 is 1.00 bits per heavy atom. The fourth-order valence-electron chi connectivity index (χ4n) is 4.79. The minimum absolute atomic E-state index is 0.223. The molecular weight excluding hydrogens is 258 g/mol. The number of nitrogens with two attached hydrogens (primary N) is 1. The van der Waals surface area contributed by atoms with Gasteiger partial charge in [0.05, 0.1) is 0 Å². The third kappa shape index (κ3) is 4.20. The van der Waals surface area contributed by atoms with Gasteiger partial charge in [-0.15, -0.1) is 0 Å². The molecule has 0 bridgehead atoms. The van der Waals surface area contributed by atoms with Crippen LogP contribution in [0.4, 0.5) is 0 Å². The summed E-state index contributed by atoms with van der Waals surface area (Å²) in [5.74, 6) is 1.44. The lowest BCUT2D eigenvalue weighted by Gasteiger charge is -2.46. The number of nitrogens with zero attached hydrogens (tertiary/aromatic N) is 2. The summed E-state index contributed by atoms with van der Waals surface area (Å²) in [5.41, 5.74) is 6.59. The second kappa shape index (κ2) is 7.43. The highest BCUT2D eigenvalue weighted by Gasteiger charge is 2.40. The second-order valence-electron chi connectivity index (χ2n) is 8.26. The molecule has 124 valence electrons. The first-order valence-electron chi connectivity index (χ1n) is 9.16. The first kappa shape index (κ1) is 17.2. The average Bonchev–Trinajstić information content (AvgIpc) is 2.73. The maximum absolute atomic E-state index is 6.37. The molecule has 2 saturated heterocycles. The van der Waals surface area contributed by atoms with Crippen LogP contribution in [-0.4, -0.2) is 54.1 Å². The van der Waals surface area contributed by atoms with Crippen molar-refractivity contribution in [1.82, 2.24) is 9.80 Å². The summed E-state index contributed by atoms with van der Waals surface area (Å²) in [5, 5.41) is 0. The third-order valence-corrected chi connectivity index (χ3v) is 5.43. The Balaban J connectivity index is 2.17. The summed E-state index contributed by atoms with van der Waals surface area (Å²) in [6.07, 6.45) is 6.58. The minimum Gasteiger partial charge on any atom is -0.329 e. The Hall–Kier alpha value is -0.120. The van der Waals surface area contributed by atoms with Crippen LogP contribution in [0, 0.1) is 11.8 Å². The standard InChI is InChI=1S/C18H37N3/c1-15(2)11-18(14-19,12-16(3)4)21-10-6-9-20-8-5-7-17(20)13-21/h15-17H,5-14,19H2,1-4H3. The normalized spacial score (nSPS) is 25.6. The second-order valence-corrected chi connectivity index (χ2v) is 8.26. The molecule has 2 fully saturated rings. The van der Waals surface area contributed by atoms with E-state index in [4.69, 9.17) is 5.73 Å². The van der Waals surface area contributed by atoms with E-state index in [0.29, 0.717) is 0 Å². The molecule has 0 amide bonds. The van der Waals surface area contributed by atoms with Crippen LogP contribution in [0.1, 0.15) is 59.8 Å². The molecule has 0 aromatic carbocycles. The molecule has 2 N–H and O–H groups in total. The van der Waals surface area contributed by atoms with Crippen LogP contribution in [0.2, 0.25) is 0 Å². The van der Waals surface area contributed by atoms with Gasteiger partial charge in [0.25, 0.3) is 0 Å². The zero-order chi connectivity index (χ0) is 15.5. The summed E-state index contributed by atoms with van der Waals surface area (Å²) < 4.78 is 0. The lowest BCUT2D eigenvalue weighted by atomic mass is 9.80. The predicted octanol–water partition coefficient (Wildman–Crippen LogP) is 2.95. The molecule has 0 radical (unpaired) electrons. The predicted molar refractivity (Wildman–Crippen MR) is 91.5 cm³/mol. The van der Waals surface area contributed by atoms with E-state index in [-0.39, 0.29) is 5.54 Å². The first-order chi connectivity index (χ1) is 9.97. The first-order valence-corrected chi connectivity index (χ1v) is 9.16. The van der Waals surface area contributed by atoms with Crippen LogP contribution in [-0.2, 0) is 0 Å². The van der Waals surface area contributed by atoms with E-state index in [1.807, 2.05) is 0 Å². The van der Waals surface area contributed by atoms with E-state index in [1.165, 1.54) is 58.3 Å². The molecule has 3 nitrogen and oxygen atoms in total. The number of fused-ring (bicyclic) bond motifs is 1. The van der Waals surface area contributed by atoms with E-state index in [2.05, 4.69) is 37.5 Å². The van der Waals surface area contributed by atoms with Crippen molar-refractivity contribution in [3.8, 4) is 0 Å². The van der Waals surface area contributed by atoms with E-state index < -0.39 is 0 Å². The van der Waals surface area contributed by atoms with Gasteiger partial charge < -0.3 is 5.73 Å². The molecule has 2 heterocycles. The Labute approximate surface area is 132 Å². The van der Waals surface area contributed by atoms with Gasteiger partial charge in [0.15, 0.2) is 0 Å². The number of hydrogen-bond acceptors (Lipinski definition) is 3. The molecule has 0 aromatic heterocycles. The lowest BCUT2D eigenvalue weighted by molar-refractivity contribution is 0.0471. The Morgan fingerprint density at radius 3 is 2.19 bits per heavy atom. The van der Waals surface area contributed by atoms with Gasteiger partial charge in [-0.2, -0.15) is 0 Å². The summed E-state index contributed by atoms with van der Waals surface area (Å²) in [7, 11) is 0. The van der Waals surface area contributed by atoms with Gasteiger partial charge in [0.1, 0.15) is 0 Å². The van der Waals surface area contributed by atoms with Crippen molar-refractivity contribution >= 4 is 0 Å². The molecule has 1 atom stereocenters. The van der Waals surface area contributed by atoms with Crippen molar-refractivity contribution < 1.29 is 0 Å². The monoisotopic (exact) mass is 295 g/mol. The highest BCUT2D eigenvalue weighted by molar-refractivity contribution is 4.97. The molecular formula is C18H37N3. The van der Waals surface area contributed by atoms with Crippen molar-refractivity contribution in [3.63, 3.8) is 0 Å². The fraction of sp³-hybridized carbons (Fsp3) is 1.00. The van der Waals surface area contributed by atoms with Crippen LogP contribution >= 0.6 is 0 Å². The molecule has 0 aliphatic carbocycles. The van der Waals surface area contributed by atoms with E-state index in [9.17, 15) is 0 Å². The van der Waals surface area contributed by atoms with Crippen molar-refractivity contribution in [2.75, 3.05) is 32.7 Å². The zero-order valence-corrected chi connectivity index (χ0v) is 14.8. The summed E-state index contributed by atoms with van der Waals surface area (Å²) >= 11 is 0. The van der Waals surface area contributed by atoms with Crippen molar-refractivity contribution in [2.45, 2.75) is 71.4 Å². The molecule has 2 aliphatic rings. The number of rotatable bonds is 6. The molecule has 2 aliphatic heterocycles. The summed E-state index contributed by atoms with van der Waals surface area (Å²) in [6, 6.07) is 0.790. The SMILES string of the molecule is CC(C)CC(CN)(CC(C)C)N1CCCN2CCCC2C1. The van der Waals surface area contributed by atoms with Gasteiger partial charge in [-0.3, -0.25) is 9.80 Å². The number of hydrogen-bond donors (Lipinski definition) is 1. The van der Waals surface area contributed by atoms with Gasteiger partial charge >= 0.3 is 0 Å². The Bertz CT molecular complexity index is 304. The molecule has 0 aromatic rings. The Morgan fingerprint density at radius 2 is 1.62 bits per heavy atom. The maximum atomic E-state index is 6.37. The fourth-order valence-corrected chi connectivity index (χ4v) is 4.79. The van der Waals surface area contributed by atoms with Crippen LogP contribution in [0.15, 0.2) is 0 Å². The van der Waals surface area contributed by atoms with Gasteiger partial charge in [0, 0.05) is 31.2 Å². The lowest BCUT2D eigenvalue weighted by Crippen LogP contribution is -2.57. The van der Waals surface area contributed by atoms with E-state index >= 15 is 0 Å². The van der Waals surface area contributed by atoms with Crippen molar-refractivity contribution in [2.24, 2.45) is 17.6 Å². The maximum Gasteiger partial charge on any atom is 0.0337 e. The van der Waals surface area contributed by atoms with E-state index in [1.54, 1.807) is 0 Å². The molecule has 0 saturated carbocycles. The van der Waals surface area contributed by atoms with Crippen molar-refractivity contribution in [1.29, 1.82) is 0 Å². The molecule has 1 unspecified atom stereocenters. The topological polar surface area (TPSA) is 32.5 Å². The van der Waals surface area contributed by atoms with Gasteiger partial charge in [-0.1, -0.05) is 27.7 Å². The van der Waals surface area contributed by atoms with Crippen LogP contribution in [0.5, 0.6) is 0 Å². The third-order valence-electron chi connectivity index (χ3n) is 5.43. The highest BCUT2D eigenvalue weighted by atomic mass is 15.3. The van der Waals surface area contributed by atoms with Crippen LogP contribution in [0.3, 0.4) is 0 Å². The van der Waals surface area contributed by atoms with Crippen LogP contribution < -0.4 is 5.73 Å². The summed E-state index contributed by atoms with van der Waals surface area (Å²) in [6.45, 7) is 15.3. The van der Waals surface area contributed by atoms with E-state index in [0.717, 1.165) is 24.4 Å². The quantitative estimate of drug-likeness (QED) is 0.818. The molecule has 2 rings (SSSR count). The highest BCUT2D eigenvalue weighted by Crippen LogP contribution is 2.33. The average molecular weight is 296 g/mol. The van der Waals surface area contributed by atoms with Gasteiger partial charge in [-0.25, -0.2) is 0 Å². The molecule has 21 heavy (non-hydrogen) atoms. The molecule has 3 heteroatoms. The van der Waals surface area contributed by atoms with Crippen LogP contribution in [0.25, 0.3) is 0 Å². The van der Waals surface area contributed by atoms with Gasteiger partial charge in [0.2, 0.25) is 0 Å². The zero-order valence-electron chi connectivity index (χ0n) is 14.8. The summed E-state index contributed by atoms with van der Waals surface area (Å²) in [4.78, 5) is 5.52. The minimum atomic E-state index is 0.223. The largest absolute Gasteiger partial charge is 0.329 e. The van der Waals surface area contributed by atoms with Gasteiger partial charge in [-0.05, 0) is 57.0 Å². The smallest absolute Gasteiger partial charge is 0.0337 e. The van der Waals surface area contributed by atoms with Crippen molar-refractivity contribution in [3.05, 3.63) is 0 Å². The molecule has 0 spiro atoms. The Kier molecular flexibility index (Phi) is 6.10.